The van der Waals surface area contributed by atoms with Crippen molar-refractivity contribution in [2.75, 3.05) is 12.4 Å². The predicted molar refractivity (Wildman–Crippen MR) is 55.7 cm³/mol. The number of aliphatic hydroxyl groups is 1. The number of halogens is 1. The Bertz CT molecular complexity index is 405. The van der Waals surface area contributed by atoms with Crippen molar-refractivity contribution in [1.82, 2.24) is 4.98 Å². The minimum absolute atomic E-state index is 0.0539. The monoisotopic (exact) mass is 279 g/mol. The van der Waals surface area contributed by atoms with Crippen LogP contribution in [0, 0.1) is 0 Å². The molecule has 1 heterocycles. The molecule has 0 bridgehead atoms. The van der Waals surface area contributed by atoms with E-state index in [0.29, 0.717) is 4.47 Å². The number of hydrogen-bond acceptors (Lipinski definition) is 4. The summed E-state index contributed by atoms with van der Waals surface area (Å²) >= 11 is 3.15. The Morgan fingerprint density at radius 1 is 1.43 bits per heavy atom. The van der Waals surface area contributed by atoms with Crippen LogP contribution in [0.2, 0.25) is 0 Å². The zero-order valence-corrected chi connectivity index (χ0v) is 9.75. The van der Waals surface area contributed by atoms with Gasteiger partial charge in [-0.2, -0.15) is 0 Å². The number of hydrogen-bond donors (Lipinski definition) is 1. The highest BCUT2D eigenvalue weighted by molar-refractivity contribution is 9.10. The molecule has 0 aliphatic carbocycles. The zero-order chi connectivity index (χ0) is 10.6. The van der Waals surface area contributed by atoms with Crippen molar-refractivity contribution in [3.05, 3.63) is 22.9 Å². The SMILES string of the molecule is O=S(=O)(CCCO)c1cncc(Br)c1. The van der Waals surface area contributed by atoms with Crippen molar-refractivity contribution >= 4 is 25.8 Å². The lowest BCUT2D eigenvalue weighted by Crippen LogP contribution is -2.08. The lowest BCUT2D eigenvalue weighted by Gasteiger charge is -2.02. The molecule has 0 saturated carbocycles. The Kier molecular flexibility index (Phi) is 4.03. The van der Waals surface area contributed by atoms with E-state index in [0.717, 1.165) is 0 Å². The fraction of sp³-hybridized carbons (Fsp3) is 0.375. The van der Waals surface area contributed by atoms with Gasteiger partial charge in [0.1, 0.15) is 0 Å². The van der Waals surface area contributed by atoms with Gasteiger partial charge in [0.15, 0.2) is 9.84 Å². The van der Waals surface area contributed by atoms with Gasteiger partial charge in [0.2, 0.25) is 0 Å². The average Bonchev–Trinajstić information content (AvgIpc) is 2.15. The van der Waals surface area contributed by atoms with Gasteiger partial charge in [0.25, 0.3) is 0 Å². The first-order valence-corrected chi connectivity index (χ1v) is 6.45. The Balaban J connectivity index is 2.93. The molecule has 0 saturated heterocycles. The highest BCUT2D eigenvalue weighted by atomic mass is 79.9. The van der Waals surface area contributed by atoms with Crippen LogP contribution < -0.4 is 0 Å². The predicted octanol–water partition coefficient (Wildman–Crippen LogP) is 1.00. The molecule has 0 atom stereocenters. The average molecular weight is 280 g/mol. The molecule has 0 amide bonds. The Morgan fingerprint density at radius 2 is 2.14 bits per heavy atom. The van der Waals surface area contributed by atoms with Crippen LogP contribution in [0.1, 0.15) is 6.42 Å². The maximum Gasteiger partial charge on any atom is 0.180 e. The quantitative estimate of drug-likeness (QED) is 0.893. The first kappa shape index (κ1) is 11.6. The molecule has 0 aliphatic heterocycles. The number of nitrogens with zero attached hydrogens (tertiary/aromatic N) is 1. The molecule has 0 aromatic carbocycles. The molecule has 14 heavy (non-hydrogen) atoms. The fourth-order valence-electron chi connectivity index (χ4n) is 0.935. The standard InChI is InChI=1S/C8H10BrNO3S/c9-7-4-8(6-10-5-7)14(12,13)3-1-2-11/h4-6,11H,1-3H2. The third-order valence-corrected chi connectivity index (χ3v) is 3.81. The van der Waals surface area contributed by atoms with Gasteiger partial charge in [-0.15, -0.1) is 0 Å². The maximum absolute atomic E-state index is 11.6. The Morgan fingerprint density at radius 3 is 2.71 bits per heavy atom. The van der Waals surface area contributed by atoms with Gasteiger partial charge in [-0.25, -0.2) is 8.42 Å². The lowest BCUT2D eigenvalue weighted by molar-refractivity contribution is 0.295. The molecule has 0 fully saturated rings. The van der Waals surface area contributed by atoms with Gasteiger partial charge in [-0.05, 0) is 28.4 Å². The number of aliphatic hydroxyl groups excluding tert-OH is 1. The molecule has 1 aromatic rings. The van der Waals surface area contributed by atoms with E-state index in [-0.39, 0.29) is 23.7 Å². The first-order chi connectivity index (χ1) is 6.56. The number of rotatable bonds is 4. The van der Waals surface area contributed by atoms with E-state index in [4.69, 9.17) is 5.11 Å². The van der Waals surface area contributed by atoms with Crippen molar-refractivity contribution in [3.8, 4) is 0 Å². The largest absolute Gasteiger partial charge is 0.396 e. The summed E-state index contributed by atoms with van der Waals surface area (Å²) in [4.78, 5) is 3.95. The molecule has 78 valence electrons. The second-order valence-electron chi connectivity index (χ2n) is 2.73. The number of pyridine rings is 1. The van der Waals surface area contributed by atoms with E-state index in [1.54, 1.807) is 0 Å². The Labute approximate surface area is 91.0 Å². The van der Waals surface area contributed by atoms with Crippen LogP contribution in [0.25, 0.3) is 0 Å². The third-order valence-electron chi connectivity index (χ3n) is 1.61. The van der Waals surface area contributed by atoms with E-state index in [9.17, 15) is 8.42 Å². The molecule has 6 heteroatoms. The second-order valence-corrected chi connectivity index (χ2v) is 5.76. The summed E-state index contributed by atoms with van der Waals surface area (Å²) < 4.78 is 23.8. The molecular weight excluding hydrogens is 270 g/mol. The minimum Gasteiger partial charge on any atom is -0.396 e. The molecule has 0 radical (unpaired) electrons. The summed E-state index contributed by atoms with van der Waals surface area (Å²) in [5.74, 6) is -0.0539. The van der Waals surface area contributed by atoms with Gasteiger partial charge < -0.3 is 5.11 Å². The summed E-state index contributed by atoms with van der Waals surface area (Å²) in [7, 11) is -3.30. The topological polar surface area (TPSA) is 67.3 Å². The number of sulfone groups is 1. The van der Waals surface area contributed by atoms with E-state index < -0.39 is 9.84 Å². The molecular formula is C8H10BrNO3S. The molecule has 1 aromatic heterocycles. The molecule has 4 nitrogen and oxygen atoms in total. The first-order valence-electron chi connectivity index (χ1n) is 4.00. The highest BCUT2D eigenvalue weighted by Gasteiger charge is 2.14. The molecule has 1 N–H and O–H groups in total. The van der Waals surface area contributed by atoms with E-state index in [2.05, 4.69) is 20.9 Å². The van der Waals surface area contributed by atoms with Crippen LogP contribution in [-0.4, -0.2) is 30.9 Å². The summed E-state index contributed by atoms with van der Waals surface area (Å²) in [6.45, 7) is -0.124. The van der Waals surface area contributed by atoms with Crippen LogP contribution in [0.3, 0.4) is 0 Å². The van der Waals surface area contributed by atoms with Crippen molar-refractivity contribution in [3.63, 3.8) is 0 Å². The van der Waals surface area contributed by atoms with Gasteiger partial charge in [0.05, 0.1) is 10.6 Å². The van der Waals surface area contributed by atoms with Crippen molar-refractivity contribution < 1.29 is 13.5 Å². The summed E-state index contributed by atoms with van der Waals surface area (Å²) in [6, 6.07) is 1.50. The molecule has 1 rings (SSSR count). The third kappa shape index (κ3) is 3.04. The normalized spacial score (nSPS) is 11.6. The van der Waals surface area contributed by atoms with Crippen LogP contribution in [0.5, 0.6) is 0 Å². The van der Waals surface area contributed by atoms with Crippen LogP contribution in [0.15, 0.2) is 27.8 Å². The van der Waals surface area contributed by atoms with Crippen molar-refractivity contribution in [2.45, 2.75) is 11.3 Å². The minimum atomic E-state index is -3.30. The van der Waals surface area contributed by atoms with Gasteiger partial charge in [-0.1, -0.05) is 0 Å². The number of aromatic nitrogens is 1. The second kappa shape index (κ2) is 4.86. The van der Waals surface area contributed by atoms with Gasteiger partial charge >= 0.3 is 0 Å². The van der Waals surface area contributed by atoms with Crippen molar-refractivity contribution in [2.24, 2.45) is 0 Å². The Hall–Kier alpha value is -0.460. The summed E-state index contributed by atoms with van der Waals surface area (Å²) in [6.07, 6.45) is 3.07. The fourth-order valence-corrected chi connectivity index (χ4v) is 2.72. The van der Waals surface area contributed by atoms with Crippen LogP contribution in [-0.2, 0) is 9.84 Å². The van der Waals surface area contributed by atoms with Gasteiger partial charge in [-0.3, -0.25) is 4.98 Å². The maximum atomic E-state index is 11.6. The smallest absolute Gasteiger partial charge is 0.180 e. The van der Waals surface area contributed by atoms with Crippen LogP contribution in [0.4, 0.5) is 0 Å². The lowest BCUT2D eigenvalue weighted by atomic mass is 10.5. The van der Waals surface area contributed by atoms with Crippen molar-refractivity contribution in [1.29, 1.82) is 0 Å². The summed E-state index contributed by atoms with van der Waals surface area (Å²) in [5, 5.41) is 8.54. The molecule has 0 spiro atoms. The molecule has 0 unspecified atom stereocenters. The van der Waals surface area contributed by atoms with E-state index >= 15 is 0 Å². The van der Waals surface area contributed by atoms with E-state index in [1.165, 1.54) is 18.5 Å². The van der Waals surface area contributed by atoms with E-state index in [1.807, 2.05) is 0 Å². The van der Waals surface area contributed by atoms with Crippen LogP contribution >= 0.6 is 15.9 Å². The summed E-state index contributed by atoms with van der Waals surface area (Å²) in [5.41, 5.74) is 0. The zero-order valence-electron chi connectivity index (χ0n) is 7.35. The highest BCUT2D eigenvalue weighted by Crippen LogP contribution is 2.15. The molecule has 0 aliphatic rings. The van der Waals surface area contributed by atoms with Gasteiger partial charge in [0, 0.05) is 23.5 Å².